The summed E-state index contributed by atoms with van der Waals surface area (Å²) in [6.45, 7) is 0.206. The molecule has 1 rings (SSSR count). The molecule has 1 aromatic carbocycles. The maximum Gasteiger partial charge on any atom is 0.240 e. The van der Waals surface area contributed by atoms with Gasteiger partial charge in [0.1, 0.15) is 11.7 Å². The smallest absolute Gasteiger partial charge is 0.240 e. The number of amidine groups is 1. The van der Waals surface area contributed by atoms with Crippen LogP contribution in [0.25, 0.3) is 0 Å². The highest BCUT2D eigenvalue weighted by molar-refractivity contribution is 7.89. The lowest BCUT2D eigenvalue weighted by Crippen LogP contribution is -2.25. The summed E-state index contributed by atoms with van der Waals surface area (Å²) in [5.74, 6) is -0.497. The fourth-order valence-electron chi connectivity index (χ4n) is 1.41. The molecule has 8 heteroatoms. The van der Waals surface area contributed by atoms with Crippen LogP contribution in [0.5, 0.6) is 0 Å². The molecule has 0 aromatic heterocycles. The molecule has 0 spiro atoms. The first-order valence-corrected chi connectivity index (χ1v) is 7.15. The molecule has 0 aliphatic heterocycles. The number of hydrogen-bond acceptors (Lipinski definition) is 4. The van der Waals surface area contributed by atoms with Gasteiger partial charge >= 0.3 is 0 Å². The molecule has 0 heterocycles. The van der Waals surface area contributed by atoms with Gasteiger partial charge in [0.25, 0.3) is 0 Å². The van der Waals surface area contributed by atoms with Crippen molar-refractivity contribution in [2.24, 2.45) is 10.9 Å². The molecule has 0 fully saturated rings. The Labute approximate surface area is 111 Å². The lowest BCUT2D eigenvalue weighted by molar-refractivity contribution is 0.316. The predicted molar refractivity (Wildman–Crippen MR) is 68.8 cm³/mol. The highest BCUT2D eigenvalue weighted by atomic mass is 32.2. The molecule has 0 atom stereocenters. The van der Waals surface area contributed by atoms with Crippen molar-refractivity contribution >= 4 is 15.9 Å². The highest BCUT2D eigenvalue weighted by Crippen LogP contribution is 2.10. The minimum absolute atomic E-state index is 0.105. The molecule has 0 radical (unpaired) electrons. The second-order valence-corrected chi connectivity index (χ2v) is 5.67. The quantitative estimate of drug-likeness (QED) is 0.229. The monoisotopic (exact) mass is 289 g/mol. The molecule has 0 unspecified atom stereocenters. The summed E-state index contributed by atoms with van der Waals surface area (Å²) in [7, 11) is -3.69. The third kappa shape index (κ3) is 5.23. The Kier molecular flexibility index (Phi) is 5.71. The van der Waals surface area contributed by atoms with Crippen molar-refractivity contribution in [3.05, 3.63) is 30.1 Å². The first kappa shape index (κ1) is 15.4. The molecule has 106 valence electrons. The van der Waals surface area contributed by atoms with Gasteiger partial charge in [-0.2, -0.15) is 0 Å². The van der Waals surface area contributed by atoms with Gasteiger partial charge in [-0.05, 0) is 31.0 Å². The Morgan fingerprint density at radius 2 is 2.16 bits per heavy atom. The maximum absolute atomic E-state index is 12.9. The van der Waals surface area contributed by atoms with E-state index >= 15 is 0 Å². The lowest BCUT2D eigenvalue weighted by atomic mass is 10.2. The van der Waals surface area contributed by atoms with E-state index < -0.39 is 15.8 Å². The van der Waals surface area contributed by atoms with Crippen LogP contribution in [-0.4, -0.2) is 26.0 Å². The number of oxime groups is 1. The number of rotatable bonds is 7. The summed E-state index contributed by atoms with van der Waals surface area (Å²) in [5.41, 5.74) is 5.27. The fourth-order valence-corrected chi connectivity index (χ4v) is 2.51. The summed E-state index contributed by atoms with van der Waals surface area (Å²) in [5, 5.41) is 11.1. The van der Waals surface area contributed by atoms with Crippen molar-refractivity contribution in [1.29, 1.82) is 0 Å². The number of hydrogen-bond donors (Lipinski definition) is 3. The van der Waals surface area contributed by atoms with Crippen molar-refractivity contribution in [3.8, 4) is 0 Å². The summed E-state index contributed by atoms with van der Waals surface area (Å²) < 4.78 is 38.8. The third-order valence-electron chi connectivity index (χ3n) is 2.39. The van der Waals surface area contributed by atoms with Crippen molar-refractivity contribution < 1.29 is 18.0 Å². The highest BCUT2D eigenvalue weighted by Gasteiger charge is 2.13. The average molecular weight is 289 g/mol. The van der Waals surface area contributed by atoms with Crippen LogP contribution >= 0.6 is 0 Å². The van der Waals surface area contributed by atoms with Gasteiger partial charge in [-0.15, -0.1) is 0 Å². The Bertz CT molecular complexity index is 546. The van der Waals surface area contributed by atoms with Crippen LogP contribution in [-0.2, 0) is 10.0 Å². The molecule has 1 aromatic rings. The molecule has 0 aliphatic carbocycles. The van der Waals surface area contributed by atoms with E-state index in [0.29, 0.717) is 19.3 Å². The van der Waals surface area contributed by atoms with Crippen LogP contribution < -0.4 is 10.5 Å². The van der Waals surface area contributed by atoms with Crippen molar-refractivity contribution in [2.75, 3.05) is 6.54 Å². The number of unbranched alkanes of at least 4 members (excludes halogenated alkanes) is 1. The topological polar surface area (TPSA) is 105 Å². The van der Waals surface area contributed by atoms with Crippen LogP contribution in [0.4, 0.5) is 4.39 Å². The van der Waals surface area contributed by atoms with Gasteiger partial charge in [0.15, 0.2) is 0 Å². The SMILES string of the molecule is NC(CCCCNS(=O)(=O)c1cccc(F)c1)=NO. The van der Waals surface area contributed by atoms with Gasteiger partial charge in [0.05, 0.1) is 4.90 Å². The number of nitrogens with two attached hydrogens (primary N) is 1. The minimum Gasteiger partial charge on any atom is -0.409 e. The Hall–Kier alpha value is -1.67. The van der Waals surface area contributed by atoms with Gasteiger partial charge in [0, 0.05) is 13.0 Å². The number of benzene rings is 1. The Morgan fingerprint density at radius 1 is 1.42 bits per heavy atom. The van der Waals surface area contributed by atoms with E-state index in [1.165, 1.54) is 18.2 Å². The molecule has 4 N–H and O–H groups in total. The zero-order valence-corrected chi connectivity index (χ0v) is 11.0. The number of nitrogens with one attached hydrogen (secondary N) is 1. The van der Waals surface area contributed by atoms with E-state index in [2.05, 4.69) is 9.88 Å². The van der Waals surface area contributed by atoms with Crippen LogP contribution in [0.1, 0.15) is 19.3 Å². The Balaban J connectivity index is 2.44. The van der Waals surface area contributed by atoms with Gasteiger partial charge in [-0.3, -0.25) is 0 Å². The van der Waals surface area contributed by atoms with Crippen molar-refractivity contribution in [1.82, 2.24) is 4.72 Å². The number of sulfonamides is 1. The van der Waals surface area contributed by atoms with Gasteiger partial charge < -0.3 is 10.9 Å². The molecule has 0 saturated carbocycles. The molecule has 0 amide bonds. The molecule has 0 bridgehead atoms. The van der Waals surface area contributed by atoms with E-state index in [0.717, 1.165) is 6.07 Å². The molecular weight excluding hydrogens is 273 g/mol. The summed E-state index contributed by atoms with van der Waals surface area (Å²) in [6.07, 6.45) is 1.50. The van der Waals surface area contributed by atoms with E-state index in [1.54, 1.807) is 0 Å². The van der Waals surface area contributed by atoms with Crippen molar-refractivity contribution in [3.63, 3.8) is 0 Å². The second kappa shape index (κ2) is 7.05. The molecule has 0 saturated heterocycles. The van der Waals surface area contributed by atoms with E-state index in [1.807, 2.05) is 0 Å². The van der Waals surface area contributed by atoms with E-state index in [-0.39, 0.29) is 17.3 Å². The maximum atomic E-state index is 12.9. The molecule has 19 heavy (non-hydrogen) atoms. The minimum atomic E-state index is -3.69. The van der Waals surface area contributed by atoms with Crippen LogP contribution in [0.3, 0.4) is 0 Å². The molecule has 0 aliphatic rings. The van der Waals surface area contributed by atoms with Crippen LogP contribution in [0.2, 0.25) is 0 Å². The fraction of sp³-hybridized carbons (Fsp3) is 0.364. The predicted octanol–water partition coefficient (Wildman–Crippen LogP) is 1.02. The summed E-state index contributed by atoms with van der Waals surface area (Å²) >= 11 is 0. The van der Waals surface area contributed by atoms with Gasteiger partial charge in [-0.25, -0.2) is 17.5 Å². The first-order valence-electron chi connectivity index (χ1n) is 5.67. The zero-order valence-electron chi connectivity index (χ0n) is 10.2. The van der Waals surface area contributed by atoms with E-state index in [9.17, 15) is 12.8 Å². The number of nitrogens with zero attached hydrogens (tertiary/aromatic N) is 1. The van der Waals surface area contributed by atoms with Crippen LogP contribution in [0, 0.1) is 5.82 Å². The summed E-state index contributed by atoms with van der Waals surface area (Å²) in [6, 6.07) is 4.79. The van der Waals surface area contributed by atoms with Gasteiger partial charge in [0.2, 0.25) is 10.0 Å². The Morgan fingerprint density at radius 3 is 2.79 bits per heavy atom. The summed E-state index contributed by atoms with van der Waals surface area (Å²) in [4.78, 5) is -0.107. The first-order chi connectivity index (χ1) is 8.95. The largest absolute Gasteiger partial charge is 0.409 e. The normalized spacial score (nSPS) is 12.6. The average Bonchev–Trinajstić information content (AvgIpc) is 2.38. The van der Waals surface area contributed by atoms with Crippen LogP contribution in [0.15, 0.2) is 34.3 Å². The number of halogens is 1. The second-order valence-electron chi connectivity index (χ2n) is 3.90. The van der Waals surface area contributed by atoms with E-state index in [4.69, 9.17) is 10.9 Å². The molecule has 6 nitrogen and oxygen atoms in total. The zero-order chi connectivity index (χ0) is 14.3. The van der Waals surface area contributed by atoms with Gasteiger partial charge in [-0.1, -0.05) is 11.2 Å². The molecular formula is C11H16FN3O3S. The van der Waals surface area contributed by atoms with Crippen molar-refractivity contribution in [2.45, 2.75) is 24.2 Å². The third-order valence-corrected chi connectivity index (χ3v) is 3.85. The standard InChI is InChI=1S/C11H16FN3O3S/c12-9-4-3-5-10(8-9)19(17,18)14-7-2-1-6-11(13)15-16/h3-5,8,14,16H,1-2,6-7H2,(H2,13,15). The lowest BCUT2D eigenvalue weighted by Gasteiger charge is -2.06.